The van der Waals surface area contributed by atoms with Crippen LogP contribution in [0.3, 0.4) is 0 Å². The van der Waals surface area contributed by atoms with Crippen LogP contribution < -0.4 is 9.64 Å². The Labute approximate surface area is 201 Å². The predicted octanol–water partition coefficient (Wildman–Crippen LogP) is 6.72. The van der Waals surface area contributed by atoms with Crippen LogP contribution in [0.25, 0.3) is 11.3 Å². The molecule has 0 spiro atoms. The van der Waals surface area contributed by atoms with Crippen LogP contribution in [0.4, 0.5) is 29.7 Å². The van der Waals surface area contributed by atoms with E-state index >= 15 is 0 Å². The van der Waals surface area contributed by atoms with Crippen LogP contribution in [0, 0.1) is 10.1 Å². The van der Waals surface area contributed by atoms with Gasteiger partial charge in [-0.05, 0) is 48.5 Å². The number of aromatic nitrogens is 1. The van der Waals surface area contributed by atoms with Gasteiger partial charge in [0.2, 0.25) is 0 Å². The second-order valence-corrected chi connectivity index (χ2v) is 8.04. The van der Waals surface area contributed by atoms with E-state index in [1.807, 2.05) is 0 Å². The number of benzene rings is 3. The maximum atomic E-state index is 13.5. The van der Waals surface area contributed by atoms with Gasteiger partial charge in [0.1, 0.15) is 5.75 Å². The lowest BCUT2D eigenvalue weighted by Gasteiger charge is -2.22. The minimum absolute atomic E-state index is 0.0241. The van der Waals surface area contributed by atoms with Crippen molar-refractivity contribution in [2.24, 2.45) is 0 Å². The van der Waals surface area contributed by atoms with Gasteiger partial charge in [0.15, 0.2) is 5.13 Å². The summed E-state index contributed by atoms with van der Waals surface area (Å²) >= 11 is 1.13. The Morgan fingerprint density at radius 3 is 2.29 bits per heavy atom. The topological polar surface area (TPSA) is 85.6 Å². The first kappa shape index (κ1) is 23.9. The molecule has 0 atom stereocenters. The van der Waals surface area contributed by atoms with Gasteiger partial charge >= 0.3 is 6.18 Å². The minimum atomic E-state index is -4.53. The Morgan fingerprint density at radius 1 is 1.03 bits per heavy atom. The molecule has 0 aliphatic carbocycles. The zero-order chi connectivity index (χ0) is 25.2. The van der Waals surface area contributed by atoms with Gasteiger partial charge in [-0.3, -0.25) is 14.9 Å². The summed E-state index contributed by atoms with van der Waals surface area (Å²) in [5, 5.41) is 12.8. The van der Waals surface area contributed by atoms with Crippen molar-refractivity contribution in [3.63, 3.8) is 0 Å². The van der Waals surface area contributed by atoms with Crippen molar-refractivity contribution < 1.29 is 27.6 Å². The van der Waals surface area contributed by atoms with E-state index in [1.54, 1.807) is 41.8 Å². The highest BCUT2D eigenvalue weighted by atomic mass is 32.1. The third-order valence-electron chi connectivity index (χ3n) is 5.05. The van der Waals surface area contributed by atoms with E-state index in [0.29, 0.717) is 22.7 Å². The van der Waals surface area contributed by atoms with Crippen molar-refractivity contribution in [1.29, 1.82) is 0 Å². The number of carbonyl (C=O) groups excluding carboxylic acids is 1. The van der Waals surface area contributed by atoms with E-state index in [9.17, 15) is 28.1 Å². The largest absolute Gasteiger partial charge is 0.495 e. The molecule has 7 nitrogen and oxygen atoms in total. The summed E-state index contributed by atoms with van der Waals surface area (Å²) in [5.41, 5.74) is 0.505. The van der Waals surface area contributed by atoms with Crippen LogP contribution in [-0.2, 0) is 6.18 Å². The van der Waals surface area contributed by atoms with E-state index in [-0.39, 0.29) is 16.4 Å². The molecule has 4 aromatic rings. The fourth-order valence-corrected chi connectivity index (χ4v) is 4.14. The van der Waals surface area contributed by atoms with Crippen molar-refractivity contribution in [3.8, 4) is 17.0 Å². The lowest BCUT2D eigenvalue weighted by atomic mass is 10.1. The number of hydrogen-bond acceptors (Lipinski definition) is 6. The SMILES string of the molecule is COc1ccccc1N(C(=O)c1ccc(C(F)(F)F)cc1)c1nc(-c2ccc([N+](=O)[O-])cc2)cs1. The number of nitrogens with zero attached hydrogens (tertiary/aromatic N) is 3. The quantitative estimate of drug-likeness (QED) is 0.217. The zero-order valence-electron chi connectivity index (χ0n) is 18.0. The molecule has 0 bridgehead atoms. The number of hydrogen-bond donors (Lipinski definition) is 0. The second kappa shape index (κ2) is 9.55. The number of amides is 1. The van der Waals surface area contributed by atoms with Gasteiger partial charge in [-0.2, -0.15) is 13.2 Å². The van der Waals surface area contributed by atoms with Crippen molar-refractivity contribution in [2.75, 3.05) is 12.0 Å². The summed E-state index contributed by atoms with van der Waals surface area (Å²) in [7, 11) is 1.43. The monoisotopic (exact) mass is 499 g/mol. The molecular formula is C24H16F3N3O4S. The Hall–Kier alpha value is -4.25. The Bertz CT molecular complexity index is 1370. The molecule has 0 unspecified atom stereocenters. The predicted molar refractivity (Wildman–Crippen MR) is 125 cm³/mol. The Kier molecular flexibility index (Phi) is 6.52. The number of ether oxygens (including phenoxy) is 1. The summed E-state index contributed by atoms with van der Waals surface area (Å²) in [5.74, 6) is -0.243. The minimum Gasteiger partial charge on any atom is -0.495 e. The molecule has 0 radical (unpaired) electrons. The fraction of sp³-hybridized carbons (Fsp3) is 0.0833. The van der Waals surface area contributed by atoms with Crippen molar-refractivity contribution in [1.82, 2.24) is 4.98 Å². The summed E-state index contributed by atoms with van der Waals surface area (Å²) < 4.78 is 44.3. The highest BCUT2D eigenvalue weighted by Crippen LogP contribution is 2.38. The van der Waals surface area contributed by atoms with Gasteiger partial charge in [0.05, 0.1) is 29.0 Å². The number of nitro benzene ring substituents is 1. The van der Waals surface area contributed by atoms with Crippen molar-refractivity contribution >= 4 is 33.8 Å². The van der Waals surface area contributed by atoms with Gasteiger partial charge < -0.3 is 4.74 Å². The first-order chi connectivity index (χ1) is 16.7. The molecule has 1 amide bonds. The van der Waals surface area contributed by atoms with Gasteiger partial charge in [-0.25, -0.2) is 9.88 Å². The maximum absolute atomic E-state index is 13.5. The van der Waals surface area contributed by atoms with Crippen LogP contribution in [0.2, 0.25) is 0 Å². The molecule has 35 heavy (non-hydrogen) atoms. The van der Waals surface area contributed by atoms with E-state index in [2.05, 4.69) is 4.98 Å². The van der Waals surface area contributed by atoms with E-state index in [1.165, 1.54) is 24.1 Å². The lowest BCUT2D eigenvalue weighted by molar-refractivity contribution is -0.384. The number of anilines is 2. The highest BCUT2D eigenvalue weighted by molar-refractivity contribution is 7.14. The lowest BCUT2D eigenvalue weighted by Crippen LogP contribution is -2.26. The fourth-order valence-electron chi connectivity index (χ4n) is 3.30. The standard InChI is InChI=1S/C24H16F3N3O4S/c1-34-21-5-3-2-4-20(21)29(22(31)16-6-10-17(11-7-16)24(25,26)27)23-28-19(14-35-23)15-8-12-18(13-9-15)30(32)33/h2-14H,1H3. The van der Waals surface area contributed by atoms with E-state index in [0.717, 1.165) is 35.6 Å². The number of alkyl halides is 3. The Morgan fingerprint density at radius 2 is 1.69 bits per heavy atom. The van der Waals surface area contributed by atoms with Crippen LogP contribution in [0.15, 0.2) is 78.2 Å². The number of methoxy groups -OCH3 is 1. The normalized spacial score (nSPS) is 11.2. The molecule has 0 N–H and O–H groups in total. The molecule has 0 saturated heterocycles. The number of halogens is 3. The summed E-state index contributed by atoms with van der Waals surface area (Å²) in [6.07, 6.45) is -4.53. The average Bonchev–Trinajstić information content (AvgIpc) is 3.34. The molecule has 4 rings (SSSR count). The molecule has 3 aromatic carbocycles. The van der Waals surface area contributed by atoms with Crippen molar-refractivity contribution in [2.45, 2.75) is 6.18 Å². The van der Waals surface area contributed by atoms with Crippen LogP contribution >= 0.6 is 11.3 Å². The van der Waals surface area contributed by atoms with Crippen LogP contribution in [-0.4, -0.2) is 22.9 Å². The first-order valence-electron chi connectivity index (χ1n) is 10.0. The summed E-state index contributed by atoms with van der Waals surface area (Å²) in [6.45, 7) is 0. The number of carbonyl (C=O) groups is 1. The van der Waals surface area contributed by atoms with Crippen molar-refractivity contribution in [3.05, 3.63) is 99.4 Å². The molecule has 0 fully saturated rings. The van der Waals surface area contributed by atoms with Gasteiger partial charge in [-0.1, -0.05) is 12.1 Å². The molecule has 11 heteroatoms. The zero-order valence-corrected chi connectivity index (χ0v) is 18.8. The number of rotatable bonds is 6. The van der Waals surface area contributed by atoms with Gasteiger partial charge in [0.25, 0.3) is 11.6 Å². The number of non-ortho nitro benzene ring substituents is 1. The average molecular weight is 499 g/mol. The molecule has 178 valence electrons. The van der Waals surface area contributed by atoms with E-state index in [4.69, 9.17) is 4.74 Å². The maximum Gasteiger partial charge on any atom is 0.416 e. The molecular weight excluding hydrogens is 483 g/mol. The highest BCUT2D eigenvalue weighted by Gasteiger charge is 2.31. The third-order valence-corrected chi connectivity index (χ3v) is 5.87. The molecule has 1 aromatic heterocycles. The Balaban J connectivity index is 1.76. The summed E-state index contributed by atoms with van der Waals surface area (Å²) in [4.78, 5) is 29.7. The molecule has 1 heterocycles. The van der Waals surface area contributed by atoms with Gasteiger partial charge in [-0.15, -0.1) is 11.3 Å². The number of para-hydroxylation sites is 2. The smallest absolute Gasteiger partial charge is 0.416 e. The number of thiazole rings is 1. The summed E-state index contributed by atoms with van der Waals surface area (Å²) in [6, 6.07) is 16.4. The second-order valence-electron chi connectivity index (χ2n) is 7.21. The molecule has 0 aliphatic rings. The number of nitro groups is 1. The van der Waals surface area contributed by atoms with Crippen LogP contribution in [0.1, 0.15) is 15.9 Å². The van der Waals surface area contributed by atoms with E-state index < -0.39 is 22.6 Å². The van der Waals surface area contributed by atoms with Gasteiger partial charge in [0, 0.05) is 28.6 Å². The molecule has 0 saturated carbocycles. The third kappa shape index (κ3) is 4.99. The molecule has 0 aliphatic heterocycles. The van der Waals surface area contributed by atoms with Crippen LogP contribution in [0.5, 0.6) is 5.75 Å². The first-order valence-corrected chi connectivity index (χ1v) is 10.9.